The van der Waals surface area contributed by atoms with Gasteiger partial charge in [-0.25, -0.2) is 9.59 Å². The lowest BCUT2D eigenvalue weighted by Crippen LogP contribution is -2.54. The van der Waals surface area contributed by atoms with E-state index in [4.69, 9.17) is 22.4 Å². The molecule has 0 atom stereocenters. The number of carbonyl (C=O) groups is 2. The smallest absolute Gasteiger partial charge is 0.347 e. The lowest BCUT2D eigenvalue weighted by Gasteiger charge is -2.39. The van der Waals surface area contributed by atoms with Crippen LogP contribution in [0.25, 0.3) is 6.08 Å². The molecule has 0 N–H and O–H groups in total. The Bertz CT molecular complexity index is 845. The van der Waals surface area contributed by atoms with E-state index in [1.54, 1.807) is 38.1 Å². The van der Waals surface area contributed by atoms with Crippen molar-refractivity contribution >= 4 is 43.2 Å². The molecule has 7 nitrogen and oxygen atoms in total. The molecule has 0 unspecified atom stereocenters. The quantitative estimate of drug-likeness (QED) is 0.112. The molecule has 0 aliphatic rings. The van der Waals surface area contributed by atoms with Crippen molar-refractivity contribution in [1.82, 2.24) is 0 Å². The van der Waals surface area contributed by atoms with Gasteiger partial charge in [-0.1, -0.05) is 18.7 Å². The summed E-state index contributed by atoms with van der Waals surface area (Å²) in [7, 11) is -6.37. The predicted molar refractivity (Wildman–Crippen MR) is 143 cm³/mol. The second-order valence-corrected chi connectivity index (χ2v) is 22.5. The maximum atomic E-state index is 12.2. The van der Waals surface area contributed by atoms with Gasteiger partial charge in [-0.15, -0.1) is 0 Å². The third-order valence-electron chi connectivity index (χ3n) is 4.24. The number of esters is 2. The molecule has 0 fully saturated rings. The van der Waals surface area contributed by atoms with Crippen molar-refractivity contribution in [2.75, 3.05) is 19.8 Å². The highest BCUT2D eigenvalue weighted by molar-refractivity contribution is 6.90. The van der Waals surface area contributed by atoms with Gasteiger partial charge >= 0.3 is 20.5 Å². The summed E-state index contributed by atoms with van der Waals surface area (Å²) < 4.78 is 29.0. The molecule has 1 rings (SSSR count). The Morgan fingerprint density at radius 3 is 1.65 bits per heavy atom. The Morgan fingerprint density at radius 1 is 0.824 bits per heavy atom. The Balaban J connectivity index is 2.99. The molecular formula is C24H40O7Si3. The van der Waals surface area contributed by atoms with E-state index in [1.807, 2.05) is 0 Å². The minimum atomic E-state index is -2.66. The van der Waals surface area contributed by atoms with Gasteiger partial charge in [-0.2, -0.15) is 0 Å². The van der Waals surface area contributed by atoms with Crippen LogP contribution in [0, 0.1) is 0 Å². The van der Waals surface area contributed by atoms with Gasteiger partial charge in [0.05, 0.1) is 13.2 Å². The standard InChI is InChI=1S/C24H40O7Si3/c1-11-27-23(25)22(24(26)28-12-2)17-20-13-15-21(16-14-20)29-18-19(3)34(10,30-32(4,5)6)31-33(7,8)9/h13-17H,3,11-12,18H2,1-2,4-10H3. The van der Waals surface area contributed by atoms with Gasteiger partial charge in [0.1, 0.15) is 17.9 Å². The number of carbonyl (C=O) groups excluding carboxylic acids is 2. The summed E-state index contributed by atoms with van der Waals surface area (Å²) in [5.41, 5.74) is 0.491. The molecule has 0 saturated carbocycles. The molecule has 190 valence electrons. The van der Waals surface area contributed by atoms with Gasteiger partial charge < -0.3 is 22.4 Å². The van der Waals surface area contributed by atoms with Crippen molar-refractivity contribution in [3.63, 3.8) is 0 Å². The summed E-state index contributed by atoms with van der Waals surface area (Å²) in [5, 5.41) is 0.841. The molecule has 0 aliphatic carbocycles. The number of rotatable bonds is 13. The van der Waals surface area contributed by atoms with Crippen LogP contribution in [0.5, 0.6) is 5.75 Å². The fourth-order valence-electron chi connectivity index (χ4n) is 3.08. The van der Waals surface area contributed by atoms with E-state index in [2.05, 4.69) is 52.4 Å². The highest BCUT2D eigenvalue weighted by atomic mass is 28.5. The molecule has 0 spiro atoms. The molecule has 1 aromatic carbocycles. The van der Waals surface area contributed by atoms with Crippen LogP contribution in [-0.2, 0) is 27.3 Å². The molecule has 0 saturated heterocycles. The molecule has 0 radical (unpaired) electrons. The topological polar surface area (TPSA) is 80.3 Å². The zero-order valence-corrected chi connectivity index (χ0v) is 25.1. The maximum Gasteiger partial charge on any atom is 0.347 e. The first-order valence-corrected chi connectivity index (χ1v) is 20.6. The first-order chi connectivity index (χ1) is 15.6. The molecule has 1 aromatic rings. The highest BCUT2D eigenvalue weighted by Gasteiger charge is 2.43. The number of benzene rings is 1. The zero-order chi connectivity index (χ0) is 26.2. The van der Waals surface area contributed by atoms with Crippen molar-refractivity contribution in [2.24, 2.45) is 0 Å². The van der Waals surface area contributed by atoms with Gasteiger partial charge in [0, 0.05) is 5.20 Å². The first-order valence-electron chi connectivity index (χ1n) is 11.5. The van der Waals surface area contributed by atoms with Crippen LogP contribution in [0.15, 0.2) is 41.6 Å². The minimum absolute atomic E-state index is 0.153. The molecule has 0 aliphatic heterocycles. The molecule has 0 amide bonds. The normalized spacial score (nSPS) is 12.0. The maximum absolute atomic E-state index is 12.2. The first kappa shape index (κ1) is 30.0. The lowest BCUT2D eigenvalue weighted by atomic mass is 10.1. The zero-order valence-electron chi connectivity index (χ0n) is 22.1. The molecule has 34 heavy (non-hydrogen) atoms. The average Bonchev–Trinajstić information content (AvgIpc) is 2.68. The van der Waals surface area contributed by atoms with E-state index in [1.165, 1.54) is 6.08 Å². The third-order valence-corrected chi connectivity index (χ3v) is 13.7. The van der Waals surface area contributed by atoms with E-state index in [0.29, 0.717) is 11.3 Å². The number of hydrogen-bond acceptors (Lipinski definition) is 7. The second-order valence-electron chi connectivity index (χ2n) is 9.83. The summed E-state index contributed by atoms with van der Waals surface area (Å²) in [4.78, 5) is 24.3. The SMILES string of the molecule is C=C(COc1ccc(C=C(C(=O)OCC)C(=O)OCC)cc1)[Si](C)(O[Si](C)(C)C)O[Si](C)(C)C. The molecule has 0 bridgehead atoms. The van der Waals surface area contributed by atoms with Crippen molar-refractivity contribution < 1.29 is 32.0 Å². The van der Waals surface area contributed by atoms with Crippen LogP contribution in [0.2, 0.25) is 45.8 Å². The summed E-state index contributed by atoms with van der Waals surface area (Å²) >= 11 is 0. The Morgan fingerprint density at radius 2 is 1.26 bits per heavy atom. The third kappa shape index (κ3) is 10.5. The van der Waals surface area contributed by atoms with E-state index in [0.717, 1.165) is 5.20 Å². The van der Waals surface area contributed by atoms with Gasteiger partial charge in [-0.05, 0) is 83.4 Å². The van der Waals surface area contributed by atoms with Crippen molar-refractivity contribution in [1.29, 1.82) is 0 Å². The van der Waals surface area contributed by atoms with Gasteiger partial charge in [-0.3, -0.25) is 0 Å². The summed E-state index contributed by atoms with van der Waals surface area (Å²) in [6.07, 6.45) is 1.45. The van der Waals surface area contributed by atoms with Crippen LogP contribution in [0.1, 0.15) is 19.4 Å². The van der Waals surface area contributed by atoms with Gasteiger partial charge in [0.25, 0.3) is 0 Å². The minimum Gasteiger partial charge on any atom is -0.489 e. The summed E-state index contributed by atoms with van der Waals surface area (Å²) in [6, 6.07) is 7.05. The highest BCUT2D eigenvalue weighted by Crippen LogP contribution is 2.27. The van der Waals surface area contributed by atoms with Crippen LogP contribution >= 0.6 is 0 Å². The average molecular weight is 525 g/mol. The van der Waals surface area contributed by atoms with E-state index in [-0.39, 0.29) is 25.4 Å². The van der Waals surface area contributed by atoms with E-state index >= 15 is 0 Å². The van der Waals surface area contributed by atoms with Crippen LogP contribution in [0.4, 0.5) is 0 Å². The second kappa shape index (κ2) is 12.6. The van der Waals surface area contributed by atoms with Gasteiger partial charge in [0.2, 0.25) is 0 Å². The fraction of sp³-hybridized carbons (Fsp3) is 0.500. The summed E-state index contributed by atoms with van der Waals surface area (Å²) in [5.74, 6) is -0.803. The predicted octanol–water partition coefficient (Wildman–Crippen LogP) is 5.45. The Kier molecular flexibility index (Phi) is 11.2. The monoisotopic (exact) mass is 524 g/mol. The van der Waals surface area contributed by atoms with E-state index < -0.39 is 37.1 Å². The van der Waals surface area contributed by atoms with Crippen molar-refractivity contribution in [2.45, 2.75) is 59.7 Å². The molecule has 10 heteroatoms. The number of hydrogen-bond donors (Lipinski definition) is 0. The number of ether oxygens (including phenoxy) is 3. The molecular weight excluding hydrogens is 485 g/mol. The largest absolute Gasteiger partial charge is 0.489 e. The van der Waals surface area contributed by atoms with E-state index in [9.17, 15) is 9.59 Å². The van der Waals surface area contributed by atoms with Crippen LogP contribution in [0.3, 0.4) is 0 Å². The summed E-state index contributed by atoms with van der Waals surface area (Å²) in [6.45, 7) is 23.2. The lowest BCUT2D eigenvalue weighted by molar-refractivity contribution is -0.146. The van der Waals surface area contributed by atoms with Crippen LogP contribution < -0.4 is 4.74 Å². The van der Waals surface area contributed by atoms with Gasteiger partial charge in [0.15, 0.2) is 16.6 Å². The van der Waals surface area contributed by atoms with Crippen LogP contribution in [-0.4, -0.2) is 57.0 Å². The Hall–Kier alpha value is -1.99. The Labute approximate surface area is 207 Å². The van der Waals surface area contributed by atoms with Crippen molar-refractivity contribution in [3.8, 4) is 5.75 Å². The van der Waals surface area contributed by atoms with Crippen molar-refractivity contribution in [3.05, 3.63) is 47.2 Å². The molecule has 0 aromatic heterocycles. The fourth-order valence-corrected chi connectivity index (χ4v) is 14.5. The molecule has 0 heterocycles.